The lowest BCUT2D eigenvalue weighted by atomic mass is 9.90. The van der Waals surface area contributed by atoms with E-state index >= 15 is 0 Å². The van der Waals surface area contributed by atoms with E-state index in [1.807, 2.05) is 4.72 Å². The summed E-state index contributed by atoms with van der Waals surface area (Å²) in [6, 6.07) is 4.18. The SMILES string of the molecule is CC[C@@H]1C[C@]1(NC(=O)[C@@H]1C[C@@H](Oc2nccc3cc(OC)ccc23)CN1C(=O)[C@@H](NC(=O)OC(C)(C)C(F)(F)F)C1CCOCC1)C(=O)NS(=O)(=O)OC1CC1. The molecule has 1 aromatic carbocycles. The topological polar surface area (TPSA) is 201 Å². The van der Waals surface area contributed by atoms with Crippen molar-refractivity contribution in [1.29, 1.82) is 0 Å². The molecule has 0 bridgehead atoms. The van der Waals surface area contributed by atoms with Crippen LogP contribution in [0, 0.1) is 11.8 Å². The van der Waals surface area contributed by atoms with Gasteiger partial charge in [-0.25, -0.2) is 14.5 Å². The molecule has 56 heavy (non-hydrogen) atoms. The van der Waals surface area contributed by atoms with E-state index in [1.165, 1.54) is 13.3 Å². The van der Waals surface area contributed by atoms with Gasteiger partial charge in [0.15, 0.2) is 0 Å². The molecule has 3 N–H and O–H groups in total. The molecule has 2 aliphatic carbocycles. The summed E-state index contributed by atoms with van der Waals surface area (Å²) in [5.74, 6) is -2.89. The molecule has 16 nitrogen and oxygen atoms in total. The molecular weight excluding hydrogens is 767 g/mol. The number of alkyl halides is 3. The summed E-state index contributed by atoms with van der Waals surface area (Å²) in [4.78, 5) is 61.0. The van der Waals surface area contributed by atoms with E-state index in [1.54, 1.807) is 31.2 Å². The quantitative estimate of drug-likeness (QED) is 0.252. The van der Waals surface area contributed by atoms with E-state index < -0.39 is 87.6 Å². The standard InChI is InChI=1S/C36H46F3N5O11S/c1-5-22-18-35(22,32(47)43-56(49,50)55-23-6-7-23)42-29(45)27-17-25(53-30-26-9-8-24(51-4)16-21(26)10-13-40-30)19-44(27)31(46)28(20-11-14-52-15-12-20)41-33(48)54-34(2,3)36(37,38)39/h8-10,13,16,20,22-23,25,27-28H,5-7,11-12,14-15,17-19H2,1-4H3,(H,41,48)(H,42,45)(H,43,47)/t22-,25-,27+,28+,35-/m1/s1. The van der Waals surface area contributed by atoms with Crippen LogP contribution in [0.25, 0.3) is 10.8 Å². The Bertz CT molecular complexity index is 1940. The molecule has 0 radical (unpaired) electrons. The number of hydrogen-bond donors (Lipinski definition) is 3. The monoisotopic (exact) mass is 813 g/mol. The number of likely N-dealkylation sites (tertiary alicyclic amines) is 1. The Morgan fingerprint density at radius 2 is 1.79 bits per heavy atom. The van der Waals surface area contributed by atoms with Crippen molar-refractivity contribution < 1.29 is 63.9 Å². The number of pyridine rings is 1. The second kappa shape index (κ2) is 15.8. The highest BCUT2D eigenvalue weighted by atomic mass is 32.2. The van der Waals surface area contributed by atoms with Crippen LogP contribution in [0.3, 0.4) is 0 Å². The lowest BCUT2D eigenvalue weighted by Crippen LogP contribution is -2.60. The minimum absolute atomic E-state index is 0.108. The number of alkyl carbamates (subject to hydrolysis) is 1. The zero-order valence-corrected chi connectivity index (χ0v) is 32.2. The van der Waals surface area contributed by atoms with Crippen molar-refractivity contribution >= 4 is 44.9 Å². The summed E-state index contributed by atoms with van der Waals surface area (Å²) < 4.78 is 94.8. The van der Waals surface area contributed by atoms with Crippen LogP contribution in [0.4, 0.5) is 18.0 Å². The number of hydrogen-bond acceptors (Lipinski definition) is 12. The number of benzene rings is 1. The lowest BCUT2D eigenvalue weighted by molar-refractivity contribution is -0.244. The smallest absolute Gasteiger partial charge is 0.427 e. The van der Waals surface area contributed by atoms with Gasteiger partial charge in [0.1, 0.15) is 29.5 Å². The van der Waals surface area contributed by atoms with Gasteiger partial charge in [-0.1, -0.05) is 13.3 Å². The Balaban J connectivity index is 1.29. The van der Waals surface area contributed by atoms with Crippen LogP contribution in [0.5, 0.6) is 11.6 Å². The molecule has 2 aromatic rings. The average molecular weight is 814 g/mol. The number of methoxy groups -OCH3 is 1. The molecule has 308 valence electrons. The third-order valence-electron chi connectivity index (χ3n) is 10.7. The van der Waals surface area contributed by atoms with Gasteiger partial charge in [-0.15, -0.1) is 0 Å². The van der Waals surface area contributed by atoms with Crippen LogP contribution in [-0.2, 0) is 38.3 Å². The molecule has 2 saturated carbocycles. The molecule has 0 unspecified atom stereocenters. The summed E-state index contributed by atoms with van der Waals surface area (Å²) in [6.45, 7) is 3.30. The van der Waals surface area contributed by atoms with Gasteiger partial charge in [-0.05, 0) is 87.4 Å². The van der Waals surface area contributed by atoms with Crippen LogP contribution in [0.15, 0.2) is 30.5 Å². The minimum atomic E-state index is -4.92. The number of carbonyl (C=O) groups is 4. The van der Waals surface area contributed by atoms with Crippen LogP contribution in [-0.4, -0.2) is 111 Å². The second-order valence-corrected chi connectivity index (χ2v) is 16.4. The number of nitrogens with one attached hydrogen (secondary N) is 3. The highest BCUT2D eigenvalue weighted by molar-refractivity contribution is 7.85. The molecule has 0 spiro atoms. The van der Waals surface area contributed by atoms with E-state index in [-0.39, 0.29) is 51.3 Å². The zero-order valence-electron chi connectivity index (χ0n) is 31.3. The lowest BCUT2D eigenvalue weighted by Gasteiger charge is -2.35. The number of fused-ring (bicyclic) bond motifs is 1. The van der Waals surface area contributed by atoms with Crippen LogP contribution < -0.4 is 24.8 Å². The van der Waals surface area contributed by atoms with Crippen LogP contribution in [0.2, 0.25) is 0 Å². The van der Waals surface area contributed by atoms with Crippen molar-refractivity contribution in [2.24, 2.45) is 11.8 Å². The van der Waals surface area contributed by atoms with E-state index in [9.17, 15) is 40.8 Å². The fraction of sp³-hybridized carbons (Fsp3) is 0.639. The van der Waals surface area contributed by atoms with Gasteiger partial charge >= 0.3 is 22.6 Å². The second-order valence-electron chi connectivity index (χ2n) is 15.1. The number of carbonyl (C=O) groups excluding carboxylic acids is 4. The maximum Gasteiger partial charge on any atom is 0.427 e. The van der Waals surface area contributed by atoms with Gasteiger partial charge in [0, 0.05) is 31.2 Å². The molecule has 2 saturated heterocycles. The number of rotatable bonds is 14. The molecule has 1 aromatic heterocycles. The fourth-order valence-corrected chi connectivity index (χ4v) is 8.13. The number of aromatic nitrogens is 1. The van der Waals surface area contributed by atoms with Gasteiger partial charge in [0.2, 0.25) is 23.3 Å². The normalized spacial score (nSPS) is 24.9. The predicted molar refractivity (Wildman–Crippen MR) is 190 cm³/mol. The summed E-state index contributed by atoms with van der Waals surface area (Å²) in [6.07, 6.45) is -4.37. The van der Waals surface area contributed by atoms with Crippen molar-refractivity contribution in [3.05, 3.63) is 30.5 Å². The van der Waals surface area contributed by atoms with Crippen molar-refractivity contribution in [3.63, 3.8) is 0 Å². The molecule has 2 aliphatic heterocycles. The summed E-state index contributed by atoms with van der Waals surface area (Å²) in [5, 5.41) is 6.39. The Morgan fingerprint density at radius 1 is 1.07 bits per heavy atom. The average Bonchev–Trinajstić information content (AvgIpc) is 4.05. The molecule has 3 heterocycles. The third-order valence-corrected chi connectivity index (χ3v) is 11.7. The van der Waals surface area contributed by atoms with E-state index in [4.69, 9.17) is 23.1 Å². The van der Waals surface area contributed by atoms with Crippen LogP contribution in [0.1, 0.15) is 65.7 Å². The Morgan fingerprint density at radius 3 is 2.41 bits per heavy atom. The Kier molecular flexibility index (Phi) is 11.7. The van der Waals surface area contributed by atoms with E-state index in [0.29, 0.717) is 44.2 Å². The molecule has 5 atom stereocenters. The maximum atomic E-state index is 14.6. The number of nitrogens with zero attached hydrogens (tertiary/aromatic N) is 2. The largest absolute Gasteiger partial charge is 0.497 e. The first-order valence-corrected chi connectivity index (χ1v) is 19.9. The van der Waals surface area contributed by atoms with Gasteiger partial charge in [-0.2, -0.15) is 21.6 Å². The highest BCUT2D eigenvalue weighted by Crippen LogP contribution is 2.47. The van der Waals surface area contributed by atoms with Crippen molar-refractivity contribution in [3.8, 4) is 11.6 Å². The molecular formula is C36H46F3N5O11S. The van der Waals surface area contributed by atoms with Crippen molar-refractivity contribution in [2.45, 2.75) is 107 Å². The highest BCUT2D eigenvalue weighted by Gasteiger charge is 2.62. The van der Waals surface area contributed by atoms with E-state index in [0.717, 1.165) is 10.3 Å². The number of amides is 4. The van der Waals surface area contributed by atoms with Gasteiger partial charge < -0.3 is 34.5 Å². The summed E-state index contributed by atoms with van der Waals surface area (Å²) >= 11 is 0. The van der Waals surface area contributed by atoms with Crippen LogP contribution >= 0.6 is 0 Å². The first-order valence-electron chi connectivity index (χ1n) is 18.5. The van der Waals surface area contributed by atoms with E-state index in [2.05, 4.69) is 15.6 Å². The molecule has 4 aliphatic rings. The fourth-order valence-electron chi connectivity index (χ4n) is 7.12. The van der Waals surface area contributed by atoms with Crippen molar-refractivity contribution in [1.82, 2.24) is 25.2 Å². The molecule has 4 fully saturated rings. The van der Waals surface area contributed by atoms with Gasteiger partial charge in [0.05, 0.1) is 19.8 Å². The number of ether oxygens (including phenoxy) is 4. The van der Waals surface area contributed by atoms with Crippen molar-refractivity contribution in [2.75, 3.05) is 26.9 Å². The molecule has 6 rings (SSSR count). The predicted octanol–water partition coefficient (Wildman–Crippen LogP) is 3.28. The number of halogens is 3. The summed E-state index contributed by atoms with van der Waals surface area (Å²) in [7, 11) is -2.96. The maximum absolute atomic E-state index is 14.6. The summed E-state index contributed by atoms with van der Waals surface area (Å²) in [5.41, 5.74) is -4.53. The third kappa shape index (κ3) is 9.07. The molecule has 20 heteroatoms. The van der Waals surface area contributed by atoms with Gasteiger partial charge in [-0.3, -0.25) is 18.6 Å². The first kappa shape index (κ1) is 41.2. The molecule has 4 amide bonds. The Labute approximate surface area is 321 Å². The minimum Gasteiger partial charge on any atom is -0.497 e. The van der Waals surface area contributed by atoms with Gasteiger partial charge in [0.25, 0.3) is 5.91 Å². The Hall–Kier alpha value is -4.43. The first-order chi connectivity index (χ1) is 26.4. The zero-order chi connectivity index (χ0) is 40.6.